The predicted octanol–water partition coefficient (Wildman–Crippen LogP) is 28.1. The van der Waals surface area contributed by atoms with Gasteiger partial charge in [-0.05, 0) is 240 Å². The van der Waals surface area contributed by atoms with Gasteiger partial charge < -0.3 is 28.2 Å². The van der Waals surface area contributed by atoms with Gasteiger partial charge in [0, 0.05) is 114 Å². The zero-order valence-electron chi connectivity index (χ0n) is 73.4. The van der Waals surface area contributed by atoms with E-state index in [1.54, 1.807) is 28.9 Å². The minimum Gasteiger partial charge on any atom is -0.460 e. The van der Waals surface area contributed by atoms with Crippen LogP contribution in [0.3, 0.4) is 0 Å². The van der Waals surface area contributed by atoms with Crippen LogP contribution in [0.2, 0.25) is 0 Å². The second kappa shape index (κ2) is 39.9. The average molecular weight is 1630 g/mol. The molecular formula is C96H117N15O3S3. The summed E-state index contributed by atoms with van der Waals surface area (Å²) in [6.07, 6.45) is 11.5. The van der Waals surface area contributed by atoms with Crippen molar-refractivity contribution >= 4 is 131 Å². The number of hydrogen-bond acceptors (Lipinski definition) is 18. The summed E-state index contributed by atoms with van der Waals surface area (Å²) in [6.45, 7) is 56.9. The van der Waals surface area contributed by atoms with Crippen molar-refractivity contribution in [3.05, 3.63) is 247 Å². The third-order valence-corrected chi connectivity index (χ3v) is 22.1. The smallest absolute Gasteiger partial charge is 0.226 e. The van der Waals surface area contributed by atoms with Crippen molar-refractivity contribution in [2.24, 2.45) is 0 Å². The minimum absolute atomic E-state index is 0.432. The number of thiophene rings is 2. The minimum atomic E-state index is 0.432. The van der Waals surface area contributed by atoms with Gasteiger partial charge >= 0.3 is 0 Å². The van der Waals surface area contributed by atoms with Crippen LogP contribution in [0, 0.1) is 62.3 Å². The van der Waals surface area contributed by atoms with E-state index in [1.807, 2.05) is 113 Å². The first kappa shape index (κ1) is 88.6. The Morgan fingerprint density at radius 1 is 0.299 bits per heavy atom. The number of furan rings is 2. The van der Waals surface area contributed by atoms with Crippen molar-refractivity contribution in [3.8, 4) is 0 Å². The van der Waals surface area contributed by atoms with Crippen LogP contribution in [-0.2, 0) is 0 Å². The maximum Gasteiger partial charge on any atom is 0.226 e. The van der Waals surface area contributed by atoms with Crippen LogP contribution in [0.25, 0.3) is 97.0 Å². The Morgan fingerprint density at radius 2 is 0.803 bits per heavy atom. The fourth-order valence-corrected chi connectivity index (χ4v) is 14.9. The summed E-state index contributed by atoms with van der Waals surface area (Å²) >= 11 is 5.27. The zero-order chi connectivity index (χ0) is 84.8. The maximum atomic E-state index is 5.44. The lowest BCUT2D eigenvalue weighted by molar-refractivity contribution is 0.561. The highest BCUT2D eigenvalue weighted by atomic mass is 32.1. The molecule has 18 aromatic heterocycles. The van der Waals surface area contributed by atoms with E-state index in [0.717, 1.165) is 111 Å². The molecule has 0 spiro atoms. The highest BCUT2D eigenvalue weighted by Crippen LogP contribution is 2.31. The largest absolute Gasteiger partial charge is 0.460 e. The van der Waals surface area contributed by atoms with Crippen LogP contribution in [0.1, 0.15) is 278 Å². The molecular weight excluding hydrogens is 1510 g/mol. The van der Waals surface area contributed by atoms with Crippen molar-refractivity contribution in [3.63, 3.8) is 0 Å². The fraction of sp³-hybridized carbons (Fsp3) is 0.375. The molecule has 0 aliphatic carbocycles. The van der Waals surface area contributed by atoms with Gasteiger partial charge in [-0.2, -0.15) is 4.98 Å². The van der Waals surface area contributed by atoms with E-state index >= 15 is 0 Å². The molecule has 0 bridgehead atoms. The molecule has 0 fully saturated rings. The lowest BCUT2D eigenvalue weighted by atomic mass is 10.1. The van der Waals surface area contributed by atoms with Crippen LogP contribution >= 0.6 is 34.0 Å². The van der Waals surface area contributed by atoms with Crippen LogP contribution in [-0.4, -0.2) is 74.8 Å². The summed E-state index contributed by atoms with van der Waals surface area (Å²) in [5.74, 6) is 7.95. The van der Waals surface area contributed by atoms with Gasteiger partial charge in [0.1, 0.15) is 27.8 Å². The molecule has 0 unspecified atom stereocenters. The Bertz CT molecular complexity index is 5070. The summed E-state index contributed by atoms with van der Waals surface area (Å²) < 4.78 is 18.6. The molecule has 21 heteroatoms. The molecule has 18 nitrogen and oxygen atoms in total. The third kappa shape index (κ3) is 24.4. The van der Waals surface area contributed by atoms with Gasteiger partial charge in [-0.1, -0.05) is 125 Å². The van der Waals surface area contributed by atoms with Crippen molar-refractivity contribution in [2.75, 3.05) is 0 Å². The zero-order valence-corrected chi connectivity index (χ0v) is 75.8. The maximum absolute atomic E-state index is 5.44. The Labute approximate surface area is 701 Å². The van der Waals surface area contributed by atoms with Crippen LogP contribution < -0.4 is 0 Å². The Kier molecular flexibility index (Phi) is 30.3. The standard InChI is InChI=1S/2C11H14N2.2C11H13NO.2C11H13NS.C10H13N3.C10H12N2O.C10H12N2S/c1-7(2)10-5-9-4-8(3)13-11(9)6-12-10;1-7(2)10-5-9-4-8(3)13-11(9)12-6-10;1-7(2)10-5-9-4-8(3)13-11(9)6-12-10;1-7(2)10-5-9-4-8(3)13-11(9)12-6-10;1-7(2)10-5-9-4-8(3)13-11(9)6-12-10;1-7(2)10-5-9-4-8(3)13-11(9)12-6-10;1-6(2)8-4-5-9-10(13-8)12-7(3)11-9;2*1-6(2)8-4-5-9-10(12-8)11-7(3)13-9/h4-7,13H,1-3H3;4-7H,1-3H3,(H,12,13);4*4-7H,1-3H3;4-6H,1-3H3,(H,11,12,13);2*4-6H,1-3H3. The summed E-state index contributed by atoms with van der Waals surface area (Å²) in [5.41, 5.74) is 20.9. The van der Waals surface area contributed by atoms with Crippen LogP contribution in [0.5, 0.6) is 0 Å². The van der Waals surface area contributed by atoms with Crippen molar-refractivity contribution in [2.45, 2.75) is 240 Å². The summed E-state index contributed by atoms with van der Waals surface area (Å²) in [6, 6.07) is 38.0. The van der Waals surface area contributed by atoms with E-state index in [-0.39, 0.29) is 0 Å². The number of aromatic amines is 3. The molecule has 3 N–H and O–H groups in total. The van der Waals surface area contributed by atoms with E-state index in [2.05, 4.69) is 300 Å². The van der Waals surface area contributed by atoms with Crippen molar-refractivity contribution in [1.29, 1.82) is 0 Å². The molecule has 117 heavy (non-hydrogen) atoms. The van der Waals surface area contributed by atoms with Crippen LogP contribution in [0.4, 0.5) is 0 Å². The number of oxazole rings is 1. The lowest BCUT2D eigenvalue weighted by Crippen LogP contribution is -1.91. The second-order valence-corrected chi connectivity index (χ2v) is 36.5. The summed E-state index contributed by atoms with van der Waals surface area (Å²) in [5, 5.41) is 8.43. The van der Waals surface area contributed by atoms with Crippen LogP contribution in [0.15, 0.2) is 160 Å². The number of rotatable bonds is 9. The number of imidazole rings is 1. The normalized spacial score (nSPS) is 11.4. The van der Waals surface area contributed by atoms with Gasteiger partial charge in [0.25, 0.3) is 0 Å². The number of aromatic nitrogens is 15. The molecule has 0 saturated carbocycles. The van der Waals surface area contributed by atoms with Gasteiger partial charge in [-0.15, -0.1) is 34.0 Å². The first-order valence-corrected chi connectivity index (χ1v) is 43.1. The predicted molar refractivity (Wildman–Crippen MR) is 492 cm³/mol. The van der Waals surface area contributed by atoms with E-state index < -0.39 is 0 Å². The number of nitrogens with one attached hydrogen (secondary N) is 3. The topological polar surface area (TPSA) is 241 Å². The van der Waals surface area contributed by atoms with Gasteiger partial charge in [-0.25, -0.2) is 39.9 Å². The van der Waals surface area contributed by atoms with E-state index in [0.29, 0.717) is 64.8 Å². The molecule has 18 aromatic rings. The average Bonchev–Trinajstić information content (AvgIpc) is 1.77. The van der Waals surface area contributed by atoms with Gasteiger partial charge in [0.05, 0.1) is 37.8 Å². The van der Waals surface area contributed by atoms with E-state index in [1.165, 1.54) is 74.5 Å². The van der Waals surface area contributed by atoms with Gasteiger partial charge in [0.15, 0.2) is 34.0 Å². The fourth-order valence-electron chi connectivity index (χ4n) is 12.5. The molecule has 0 atom stereocenters. The molecule has 0 saturated heterocycles. The number of thiazole rings is 1. The monoisotopic (exact) mass is 1620 g/mol. The van der Waals surface area contributed by atoms with Gasteiger partial charge in [0.2, 0.25) is 5.71 Å². The third-order valence-electron chi connectivity index (χ3n) is 19.2. The second-order valence-electron chi connectivity index (χ2n) is 32.8. The molecule has 0 amide bonds. The number of fused-ring (bicyclic) bond motifs is 9. The van der Waals surface area contributed by atoms with Crippen molar-refractivity contribution in [1.82, 2.24) is 74.8 Å². The Hall–Kier alpha value is -10.7. The highest BCUT2D eigenvalue weighted by molar-refractivity contribution is 7.19. The first-order chi connectivity index (χ1) is 55.5. The number of hydrogen-bond donors (Lipinski definition) is 3. The molecule has 18 heterocycles. The molecule has 0 radical (unpaired) electrons. The van der Waals surface area contributed by atoms with E-state index in [4.69, 9.17) is 13.3 Å². The number of pyridine rings is 9. The summed E-state index contributed by atoms with van der Waals surface area (Å²) in [4.78, 5) is 65.9. The number of nitrogens with zero attached hydrogens (tertiary/aromatic N) is 12. The van der Waals surface area contributed by atoms with E-state index in [9.17, 15) is 0 Å². The first-order valence-electron chi connectivity index (χ1n) is 40.7. The molecule has 18 rings (SSSR count). The molecule has 0 aliphatic heterocycles. The highest BCUT2D eigenvalue weighted by Gasteiger charge is 2.14. The Morgan fingerprint density at radius 3 is 1.44 bits per heavy atom. The molecule has 0 aromatic carbocycles. The number of H-pyrrole nitrogens is 3. The summed E-state index contributed by atoms with van der Waals surface area (Å²) in [7, 11) is 0. The lowest BCUT2D eigenvalue weighted by Gasteiger charge is -2.03. The molecule has 0 aliphatic rings. The quantitative estimate of drug-likeness (QED) is 0.122. The number of aryl methyl sites for hydroxylation is 9. The van der Waals surface area contributed by atoms with Crippen molar-refractivity contribution < 1.29 is 13.3 Å². The Balaban J connectivity index is 0.000000139. The van der Waals surface area contributed by atoms with Gasteiger partial charge in [-0.3, -0.25) is 15.0 Å². The SMILES string of the molecule is Cc1cc2cc(C(C)C)cnc2[nH]1.Cc1cc2cc(C(C)C)cnc2o1.Cc1cc2cc(C(C)C)cnc2s1.Cc1cc2cc(C(C)C)ncc2[nH]1.Cc1cc2cc(C(C)C)ncc2o1.Cc1cc2cc(C(C)C)ncc2s1.Cc1nc2nc(C(C)C)ccc2[nH]1.Cc1nc2nc(C(C)C)ccc2o1.Cc1nc2nc(C(C)C)ccc2s1. The molecule has 612 valence electrons.